The maximum atomic E-state index is 10.6. The van der Waals surface area contributed by atoms with Crippen LogP contribution in [0, 0.1) is 0 Å². The zero-order valence-corrected chi connectivity index (χ0v) is 17.8. The molecule has 0 radical (unpaired) electrons. The first kappa shape index (κ1) is 27.9. The molecule has 0 aromatic carbocycles. The van der Waals surface area contributed by atoms with Gasteiger partial charge in [-0.05, 0) is 0 Å². The molecule has 0 aromatic heterocycles. The summed E-state index contributed by atoms with van der Waals surface area (Å²) >= 11 is 0. The number of aliphatic hydroxyl groups excluding tert-OH is 11. The molecule has 200 valence electrons. The molecule has 16 heteroatoms. The number of hydrogen-bond donors (Lipinski definition) is 11. The number of hydrogen-bond acceptors (Lipinski definition) is 16. The van der Waals surface area contributed by atoms with Gasteiger partial charge in [0.15, 0.2) is 12.6 Å². The predicted octanol–water partition coefficient (Wildman–Crippen LogP) is -7.57. The molecule has 0 amide bonds. The predicted molar refractivity (Wildman–Crippen MR) is 101 cm³/mol. The summed E-state index contributed by atoms with van der Waals surface area (Å²) in [7, 11) is 0. The van der Waals surface area contributed by atoms with Crippen molar-refractivity contribution in [3.63, 3.8) is 0 Å². The van der Waals surface area contributed by atoms with Crippen molar-refractivity contribution < 1.29 is 79.9 Å². The van der Waals surface area contributed by atoms with Gasteiger partial charge < -0.3 is 79.9 Å². The molecule has 0 aromatic rings. The second-order valence-electron chi connectivity index (χ2n) is 8.41. The summed E-state index contributed by atoms with van der Waals surface area (Å²) in [6.45, 7) is -3.21. The maximum Gasteiger partial charge on any atom is 0.223 e. The van der Waals surface area contributed by atoms with Gasteiger partial charge in [-0.15, -0.1) is 0 Å². The third kappa shape index (κ3) is 5.09. The van der Waals surface area contributed by atoms with Crippen LogP contribution in [0.15, 0.2) is 0 Å². The van der Waals surface area contributed by atoms with Crippen LogP contribution in [0.4, 0.5) is 0 Å². The van der Waals surface area contributed by atoms with E-state index in [1.54, 1.807) is 0 Å². The van der Waals surface area contributed by atoms with Crippen molar-refractivity contribution in [1.82, 2.24) is 0 Å². The summed E-state index contributed by atoms with van der Waals surface area (Å²) in [6, 6.07) is 0. The van der Waals surface area contributed by atoms with E-state index in [1.165, 1.54) is 0 Å². The second-order valence-corrected chi connectivity index (χ2v) is 8.41. The first-order valence-corrected chi connectivity index (χ1v) is 10.6. The first-order chi connectivity index (χ1) is 16.0. The first-order valence-electron chi connectivity index (χ1n) is 10.6. The molecule has 1 unspecified atom stereocenters. The fourth-order valence-electron chi connectivity index (χ4n) is 4.01. The zero-order valence-electron chi connectivity index (χ0n) is 17.8. The van der Waals surface area contributed by atoms with Gasteiger partial charge in [0.05, 0.1) is 19.8 Å². The van der Waals surface area contributed by atoms with E-state index in [9.17, 15) is 56.2 Å². The smallest absolute Gasteiger partial charge is 0.223 e. The zero-order chi connectivity index (χ0) is 25.4. The Hall–Kier alpha value is -0.640. The monoisotopic (exact) mass is 504 g/mol. The lowest BCUT2D eigenvalue weighted by Gasteiger charge is -2.49. The fourth-order valence-corrected chi connectivity index (χ4v) is 4.01. The Morgan fingerprint density at radius 2 is 1.26 bits per heavy atom. The molecular weight excluding hydrogens is 472 g/mol. The molecule has 0 spiro atoms. The minimum absolute atomic E-state index is 0.559. The maximum absolute atomic E-state index is 10.6. The third-order valence-corrected chi connectivity index (χ3v) is 6.16. The van der Waals surface area contributed by atoms with Crippen molar-refractivity contribution >= 4 is 0 Å². The minimum atomic E-state index is -2.37. The summed E-state index contributed by atoms with van der Waals surface area (Å²) in [5.41, 5.74) is 0. The molecule has 0 saturated carbocycles. The highest BCUT2D eigenvalue weighted by Gasteiger charge is 2.56. The molecule has 14 atom stereocenters. The van der Waals surface area contributed by atoms with E-state index in [0.29, 0.717) is 0 Å². The van der Waals surface area contributed by atoms with E-state index >= 15 is 0 Å². The average molecular weight is 504 g/mol. The summed E-state index contributed by atoms with van der Waals surface area (Å²) in [5, 5.41) is 110. The van der Waals surface area contributed by atoms with Crippen molar-refractivity contribution in [2.24, 2.45) is 0 Å². The van der Waals surface area contributed by atoms with Gasteiger partial charge in [-0.2, -0.15) is 0 Å². The highest BCUT2D eigenvalue weighted by atomic mass is 16.8. The van der Waals surface area contributed by atoms with Crippen LogP contribution in [0.2, 0.25) is 0 Å². The van der Waals surface area contributed by atoms with Crippen LogP contribution in [0.1, 0.15) is 0 Å². The van der Waals surface area contributed by atoms with Gasteiger partial charge >= 0.3 is 0 Å². The van der Waals surface area contributed by atoms with Gasteiger partial charge in [-0.25, -0.2) is 0 Å². The van der Waals surface area contributed by atoms with E-state index in [0.717, 1.165) is 0 Å². The van der Waals surface area contributed by atoms with Crippen molar-refractivity contribution in [2.75, 3.05) is 26.4 Å². The van der Waals surface area contributed by atoms with Crippen LogP contribution in [-0.2, 0) is 23.7 Å². The quantitative estimate of drug-likeness (QED) is 0.154. The van der Waals surface area contributed by atoms with E-state index in [2.05, 4.69) is 0 Å². The molecule has 0 bridgehead atoms. The Kier molecular flexibility index (Phi) is 9.18. The summed E-state index contributed by atoms with van der Waals surface area (Å²) in [5.74, 6) is -2.37. The molecular formula is C18H32O16. The highest BCUT2D eigenvalue weighted by molar-refractivity contribution is 4.97. The van der Waals surface area contributed by atoms with Gasteiger partial charge in [0.25, 0.3) is 0 Å². The van der Waals surface area contributed by atoms with Crippen LogP contribution in [0.25, 0.3) is 0 Å². The van der Waals surface area contributed by atoms with Crippen molar-refractivity contribution in [2.45, 2.75) is 85.5 Å². The fraction of sp³-hybridized carbons (Fsp3) is 1.00. The molecule has 34 heavy (non-hydrogen) atoms. The van der Waals surface area contributed by atoms with Gasteiger partial charge in [0.1, 0.15) is 73.8 Å². The molecule has 3 aliphatic heterocycles. The Labute approximate surface area is 192 Å². The second kappa shape index (κ2) is 11.2. The lowest BCUT2D eigenvalue weighted by atomic mass is 9.95. The minimum Gasteiger partial charge on any atom is -0.394 e. The van der Waals surface area contributed by atoms with Crippen LogP contribution in [0.3, 0.4) is 0 Å². The summed E-state index contributed by atoms with van der Waals surface area (Å²) < 4.78 is 26.5. The SMILES string of the molecule is OC[C@H]1O[C@H](O[C@H]2[C@H](O)[C@@H](O)[C@@H](OC3(CO)OC[C@@H](O)[C@@H](O)[C@@H]3O)O[C@@H]2CO)[C@H](O)[C@@H](O)[C@@H]1O. The summed E-state index contributed by atoms with van der Waals surface area (Å²) in [4.78, 5) is 0. The number of rotatable bonds is 7. The van der Waals surface area contributed by atoms with Crippen molar-refractivity contribution in [3.05, 3.63) is 0 Å². The lowest BCUT2D eigenvalue weighted by Crippen LogP contribution is -2.69. The highest BCUT2D eigenvalue weighted by Crippen LogP contribution is 2.34. The van der Waals surface area contributed by atoms with Crippen LogP contribution >= 0.6 is 0 Å². The normalized spacial score (nSPS) is 52.5. The molecule has 0 aliphatic carbocycles. The van der Waals surface area contributed by atoms with Gasteiger partial charge in [0, 0.05) is 0 Å². The molecule has 3 aliphatic rings. The number of ether oxygens (including phenoxy) is 5. The molecule has 3 fully saturated rings. The van der Waals surface area contributed by atoms with Gasteiger partial charge in [0.2, 0.25) is 5.79 Å². The van der Waals surface area contributed by atoms with Crippen molar-refractivity contribution in [3.8, 4) is 0 Å². The largest absolute Gasteiger partial charge is 0.394 e. The van der Waals surface area contributed by atoms with Gasteiger partial charge in [-0.3, -0.25) is 0 Å². The van der Waals surface area contributed by atoms with E-state index in [4.69, 9.17) is 23.7 Å². The molecule has 3 heterocycles. The van der Waals surface area contributed by atoms with E-state index in [1.807, 2.05) is 0 Å². The van der Waals surface area contributed by atoms with Crippen molar-refractivity contribution in [1.29, 1.82) is 0 Å². The Bertz CT molecular complexity index is 651. The van der Waals surface area contributed by atoms with Crippen LogP contribution in [0.5, 0.6) is 0 Å². The van der Waals surface area contributed by atoms with E-state index in [-0.39, 0.29) is 0 Å². The molecule has 16 nitrogen and oxygen atoms in total. The standard InChI is InChI=1S/C18H32O16/c19-1-6-9(24)10(25)12(27)16(31-6)33-14-7(2-20)32-17(13(28)11(14)26)34-18(4-21)15(29)8(23)5(22)3-30-18/h5-17,19-29H,1-4H2/t5-,6-,7-,8-,9-,10+,11-,12-,13-,14-,15+,16-,17-,18?/m1/s1. The van der Waals surface area contributed by atoms with Crippen LogP contribution < -0.4 is 0 Å². The summed E-state index contributed by atoms with van der Waals surface area (Å²) in [6.07, 6.45) is -22.4. The topological polar surface area (TPSA) is 269 Å². The van der Waals surface area contributed by atoms with E-state index < -0.39 is 112 Å². The van der Waals surface area contributed by atoms with Crippen LogP contribution in [-0.4, -0.2) is 168 Å². The molecule has 11 N–H and O–H groups in total. The average Bonchev–Trinajstić information content (AvgIpc) is 2.84. The Balaban J connectivity index is 1.74. The lowest BCUT2D eigenvalue weighted by molar-refractivity contribution is -0.422. The Morgan fingerprint density at radius 3 is 1.85 bits per heavy atom. The Morgan fingerprint density at radius 1 is 0.676 bits per heavy atom. The molecule has 3 rings (SSSR count). The third-order valence-electron chi connectivity index (χ3n) is 6.16. The van der Waals surface area contributed by atoms with Gasteiger partial charge in [-0.1, -0.05) is 0 Å². The molecule has 3 saturated heterocycles. The number of aliphatic hydroxyl groups is 11.